The molecule has 0 bridgehead atoms. The van der Waals surface area contributed by atoms with Gasteiger partial charge in [0.25, 0.3) is 0 Å². The van der Waals surface area contributed by atoms with Gasteiger partial charge in [0.2, 0.25) is 17.4 Å². The molecular formula is C25H41N5O5. The van der Waals surface area contributed by atoms with Crippen LogP contribution in [0.2, 0.25) is 0 Å². The van der Waals surface area contributed by atoms with Crippen LogP contribution in [0.15, 0.2) is 30.3 Å². The molecule has 0 fully saturated rings. The average molecular weight is 492 g/mol. The summed E-state index contributed by atoms with van der Waals surface area (Å²) in [4.78, 5) is 54.3. The molecule has 0 aromatic heterocycles. The fourth-order valence-electron chi connectivity index (χ4n) is 4.03. The van der Waals surface area contributed by atoms with Crippen LogP contribution >= 0.6 is 0 Å². The third-order valence-corrected chi connectivity index (χ3v) is 6.26. The lowest BCUT2D eigenvalue weighted by Crippen LogP contribution is -2.73. The minimum atomic E-state index is -2.57. The summed E-state index contributed by atoms with van der Waals surface area (Å²) in [7, 11) is 0. The Balaban J connectivity index is 3.65. The largest absolute Gasteiger partial charge is 0.479 e. The predicted octanol–water partition coefficient (Wildman–Crippen LogP) is 0.400. The number of nitrogens with two attached hydrogens (primary N) is 4. The molecule has 0 aliphatic heterocycles. The number of benzene rings is 1. The van der Waals surface area contributed by atoms with Gasteiger partial charge in [-0.2, -0.15) is 0 Å². The second kappa shape index (κ2) is 13.4. The first kappa shape index (κ1) is 30.4. The maximum atomic E-state index is 13.7. The number of carbonyl (C=O) groups excluding carboxylic acids is 3. The van der Waals surface area contributed by atoms with Crippen molar-refractivity contribution in [1.29, 1.82) is 0 Å². The predicted molar refractivity (Wildman–Crippen MR) is 134 cm³/mol. The van der Waals surface area contributed by atoms with E-state index in [1.54, 1.807) is 44.2 Å². The van der Waals surface area contributed by atoms with Crippen LogP contribution in [-0.2, 0) is 25.6 Å². The van der Waals surface area contributed by atoms with E-state index in [4.69, 9.17) is 22.9 Å². The highest BCUT2D eigenvalue weighted by atomic mass is 16.4. The monoisotopic (exact) mass is 491 g/mol. The van der Waals surface area contributed by atoms with Crippen molar-refractivity contribution in [3.63, 3.8) is 0 Å². The first-order chi connectivity index (χ1) is 16.3. The number of hydrogen-bond donors (Lipinski definition) is 5. The molecule has 0 aliphatic rings. The van der Waals surface area contributed by atoms with Gasteiger partial charge in [-0.25, -0.2) is 4.79 Å². The summed E-state index contributed by atoms with van der Waals surface area (Å²) in [5.74, 6) is -6.02. The van der Waals surface area contributed by atoms with E-state index in [0.29, 0.717) is 29.8 Å². The van der Waals surface area contributed by atoms with Crippen LogP contribution in [0.5, 0.6) is 0 Å². The zero-order valence-electron chi connectivity index (χ0n) is 21.1. The lowest BCUT2D eigenvalue weighted by atomic mass is 9.76. The summed E-state index contributed by atoms with van der Waals surface area (Å²) in [6, 6.07) is 5.08. The van der Waals surface area contributed by atoms with Gasteiger partial charge in [0.05, 0.1) is 18.1 Å². The Morgan fingerprint density at radius 1 is 0.914 bits per heavy atom. The highest BCUT2D eigenvalue weighted by molar-refractivity contribution is 6.18. The Kier molecular flexibility index (Phi) is 11.7. The molecule has 0 saturated heterocycles. The van der Waals surface area contributed by atoms with Crippen LogP contribution in [0.3, 0.4) is 0 Å². The highest BCUT2D eigenvalue weighted by Crippen LogP contribution is 2.31. The normalized spacial score (nSPS) is 15.8. The smallest absolute Gasteiger partial charge is 0.338 e. The van der Waals surface area contributed by atoms with Crippen LogP contribution < -0.4 is 22.9 Å². The molecule has 10 heteroatoms. The van der Waals surface area contributed by atoms with Gasteiger partial charge < -0.3 is 28.0 Å². The number of hydrogen-bond acceptors (Lipinski definition) is 8. The van der Waals surface area contributed by atoms with Gasteiger partial charge in [0.15, 0.2) is 5.78 Å². The molecule has 4 atom stereocenters. The summed E-state index contributed by atoms with van der Waals surface area (Å²) in [6.07, 6.45) is 1.26. The number of Topliss-reactive ketones (excluding diaryl/α,β-unsaturated/α-hetero) is 1. The van der Waals surface area contributed by atoms with E-state index in [1.165, 1.54) is 13.8 Å². The standard InChI is InChI=1S/C25H41N5O5/c1-15(2)20(29)23(33)30(22(32)19(28)14-17-10-6-5-7-11-17)25(16(3)4,24(34)35)21(31)18(27)12-8-9-13-26/h5-7,10-11,15-16,18-20H,8-9,12-14,26-29H2,1-4H3,(H,34,35). The fourth-order valence-corrected chi connectivity index (χ4v) is 4.03. The highest BCUT2D eigenvalue weighted by Gasteiger charge is 2.60. The number of ketones is 1. The second-order valence-corrected chi connectivity index (χ2v) is 9.56. The van der Waals surface area contributed by atoms with E-state index in [0.717, 1.165) is 0 Å². The molecule has 10 nitrogen and oxygen atoms in total. The minimum Gasteiger partial charge on any atom is -0.479 e. The van der Waals surface area contributed by atoms with Crippen molar-refractivity contribution in [1.82, 2.24) is 4.90 Å². The molecule has 4 unspecified atom stereocenters. The molecule has 1 aromatic carbocycles. The Hall–Kier alpha value is -2.66. The van der Waals surface area contributed by atoms with Gasteiger partial charge in [-0.15, -0.1) is 0 Å². The third-order valence-electron chi connectivity index (χ3n) is 6.26. The van der Waals surface area contributed by atoms with E-state index >= 15 is 0 Å². The maximum Gasteiger partial charge on any atom is 0.338 e. The van der Waals surface area contributed by atoms with Crippen molar-refractivity contribution in [3.05, 3.63) is 35.9 Å². The van der Waals surface area contributed by atoms with E-state index < -0.39 is 59.1 Å². The number of aliphatic carboxylic acids is 1. The Bertz CT molecular complexity index is 876. The average Bonchev–Trinajstić information content (AvgIpc) is 2.80. The SMILES string of the molecule is CC(C)C(N)C(=O)N(C(=O)C(N)Cc1ccccc1)C(C(=O)O)(C(=O)C(N)CCCCN)C(C)C. The van der Waals surface area contributed by atoms with Crippen LogP contribution in [0, 0.1) is 11.8 Å². The molecule has 196 valence electrons. The summed E-state index contributed by atoms with van der Waals surface area (Å²) in [6.45, 7) is 6.61. The van der Waals surface area contributed by atoms with Crippen molar-refractivity contribution in [3.8, 4) is 0 Å². The Labute approximate surface area is 207 Å². The van der Waals surface area contributed by atoms with E-state index in [9.17, 15) is 24.3 Å². The number of unbranched alkanes of at least 4 members (excludes halogenated alkanes) is 1. The van der Waals surface area contributed by atoms with Crippen molar-refractivity contribution in [2.45, 2.75) is 77.0 Å². The second-order valence-electron chi connectivity index (χ2n) is 9.56. The zero-order valence-corrected chi connectivity index (χ0v) is 21.1. The first-order valence-corrected chi connectivity index (χ1v) is 12.0. The van der Waals surface area contributed by atoms with Crippen molar-refractivity contribution in [2.75, 3.05) is 6.54 Å². The lowest BCUT2D eigenvalue weighted by molar-refractivity contribution is -0.176. The van der Waals surface area contributed by atoms with Gasteiger partial charge >= 0.3 is 5.97 Å². The molecule has 0 saturated carbocycles. The van der Waals surface area contributed by atoms with Crippen LogP contribution in [0.1, 0.15) is 52.5 Å². The van der Waals surface area contributed by atoms with Crippen LogP contribution in [0.25, 0.3) is 0 Å². The van der Waals surface area contributed by atoms with Crippen molar-refractivity contribution < 1.29 is 24.3 Å². The molecule has 0 spiro atoms. The number of amides is 2. The minimum absolute atomic E-state index is 0.0326. The summed E-state index contributed by atoms with van der Waals surface area (Å²) in [5, 5.41) is 10.4. The number of carboxylic acid groups (broad SMARTS) is 1. The van der Waals surface area contributed by atoms with Gasteiger partial charge in [-0.3, -0.25) is 19.3 Å². The first-order valence-electron chi connectivity index (χ1n) is 12.0. The summed E-state index contributed by atoms with van der Waals surface area (Å²) in [5.41, 5.74) is 22.1. The topological polar surface area (TPSA) is 196 Å². The van der Waals surface area contributed by atoms with Gasteiger partial charge in [-0.1, -0.05) is 64.4 Å². The summed E-state index contributed by atoms with van der Waals surface area (Å²) < 4.78 is 0. The van der Waals surface area contributed by atoms with E-state index in [2.05, 4.69) is 0 Å². The number of imide groups is 1. The van der Waals surface area contributed by atoms with Crippen LogP contribution in [0.4, 0.5) is 0 Å². The molecule has 35 heavy (non-hydrogen) atoms. The number of rotatable bonds is 14. The summed E-state index contributed by atoms with van der Waals surface area (Å²) >= 11 is 0. The number of nitrogens with zero attached hydrogens (tertiary/aromatic N) is 1. The Morgan fingerprint density at radius 2 is 1.49 bits per heavy atom. The molecule has 1 aromatic rings. The number of carboxylic acids is 1. The van der Waals surface area contributed by atoms with E-state index in [-0.39, 0.29) is 12.8 Å². The van der Waals surface area contributed by atoms with Crippen molar-refractivity contribution in [2.24, 2.45) is 34.8 Å². The van der Waals surface area contributed by atoms with E-state index in [1.807, 2.05) is 0 Å². The molecule has 0 heterocycles. The van der Waals surface area contributed by atoms with Gasteiger partial charge in [-0.05, 0) is 43.2 Å². The lowest BCUT2D eigenvalue weighted by Gasteiger charge is -2.44. The third kappa shape index (κ3) is 6.94. The van der Waals surface area contributed by atoms with Gasteiger partial charge in [0.1, 0.15) is 0 Å². The van der Waals surface area contributed by atoms with Crippen molar-refractivity contribution >= 4 is 23.6 Å². The van der Waals surface area contributed by atoms with Gasteiger partial charge in [0, 0.05) is 0 Å². The molecule has 0 aliphatic carbocycles. The Morgan fingerprint density at radius 3 is 1.94 bits per heavy atom. The molecule has 2 amide bonds. The molecule has 1 rings (SSSR count). The fraction of sp³-hybridized carbons (Fsp3) is 0.600. The van der Waals surface area contributed by atoms with Crippen LogP contribution in [-0.4, -0.2) is 63.8 Å². The zero-order chi connectivity index (χ0) is 26.9. The maximum absolute atomic E-state index is 13.7. The number of carbonyl (C=O) groups is 4. The quantitative estimate of drug-likeness (QED) is 0.181. The molecule has 9 N–H and O–H groups in total. The molecular weight excluding hydrogens is 450 g/mol. The molecule has 0 radical (unpaired) electrons.